The molecule has 0 bridgehead atoms. The maximum absolute atomic E-state index is 13.0. The summed E-state index contributed by atoms with van der Waals surface area (Å²) in [5, 5.41) is 14.3. The Morgan fingerprint density at radius 2 is 1.73 bits per heavy atom. The largest absolute Gasteiger partial charge is 0.474 e. The van der Waals surface area contributed by atoms with Gasteiger partial charge in [-0.3, -0.25) is 9.59 Å². The van der Waals surface area contributed by atoms with Crippen molar-refractivity contribution in [3.8, 4) is 17.0 Å². The molecular formula is C31H35N5O4. The van der Waals surface area contributed by atoms with E-state index in [9.17, 15) is 9.59 Å². The molecule has 0 saturated heterocycles. The first kappa shape index (κ1) is 28.5. The van der Waals surface area contributed by atoms with Crippen LogP contribution in [0.25, 0.3) is 11.1 Å². The van der Waals surface area contributed by atoms with Gasteiger partial charge in [0.05, 0.1) is 6.61 Å². The Hall–Kier alpha value is -4.50. The van der Waals surface area contributed by atoms with E-state index in [1.54, 1.807) is 38.6 Å². The molecule has 9 heteroatoms. The van der Waals surface area contributed by atoms with E-state index >= 15 is 0 Å². The van der Waals surface area contributed by atoms with Gasteiger partial charge < -0.3 is 24.7 Å². The van der Waals surface area contributed by atoms with Gasteiger partial charge in [0.15, 0.2) is 5.82 Å². The maximum Gasteiger partial charge on any atom is 0.274 e. The van der Waals surface area contributed by atoms with Crippen molar-refractivity contribution in [3.05, 3.63) is 93.9 Å². The second-order valence-corrected chi connectivity index (χ2v) is 10.5. The number of rotatable bonds is 9. The molecule has 0 saturated carbocycles. The molecule has 4 rings (SSSR count). The van der Waals surface area contributed by atoms with Gasteiger partial charge in [-0.15, -0.1) is 10.2 Å². The summed E-state index contributed by atoms with van der Waals surface area (Å²) in [5.41, 5.74) is 5.15. The van der Waals surface area contributed by atoms with Crippen molar-refractivity contribution in [3.63, 3.8) is 0 Å². The highest BCUT2D eigenvalue weighted by Gasteiger charge is 2.16. The lowest BCUT2D eigenvalue weighted by Gasteiger charge is -2.19. The number of hydrogen-bond donors (Lipinski definition) is 2. The van der Waals surface area contributed by atoms with Crippen LogP contribution >= 0.6 is 0 Å². The number of carbonyl (C=O) groups is 1. The van der Waals surface area contributed by atoms with E-state index in [1.165, 1.54) is 10.1 Å². The summed E-state index contributed by atoms with van der Waals surface area (Å²) in [7, 11) is 3.29. The molecule has 1 amide bonds. The number of benzene rings is 2. The molecule has 9 nitrogen and oxygen atoms in total. The van der Waals surface area contributed by atoms with E-state index in [0.29, 0.717) is 41.8 Å². The van der Waals surface area contributed by atoms with Gasteiger partial charge >= 0.3 is 0 Å². The van der Waals surface area contributed by atoms with Gasteiger partial charge in [0.2, 0.25) is 5.88 Å². The number of methoxy groups -OCH3 is 1. The summed E-state index contributed by atoms with van der Waals surface area (Å²) in [5.74, 6) is 0.587. The number of nitrogens with one attached hydrogen (secondary N) is 2. The lowest BCUT2D eigenvalue weighted by Crippen LogP contribution is -2.20. The zero-order valence-electron chi connectivity index (χ0n) is 23.7. The van der Waals surface area contributed by atoms with Gasteiger partial charge in [-0.25, -0.2) is 0 Å². The van der Waals surface area contributed by atoms with Crippen LogP contribution in [-0.4, -0.2) is 41.0 Å². The third-order valence-electron chi connectivity index (χ3n) is 6.53. The van der Waals surface area contributed by atoms with Crippen molar-refractivity contribution in [1.29, 1.82) is 0 Å². The first-order chi connectivity index (χ1) is 19.1. The summed E-state index contributed by atoms with van der Waals surface area (Å²) in [6, 6.07) is 18.5. The summed E-state index contributed by atoms with van der Waals surface area (Å²) in [6.45, 7) is 9.17. The Bertz CT molecular complexity index is 1540. The van der Waals surface area contributed by atoms with Gasteiger partial charge in [0.25, 0.3) is 11.5 Å². The Balaban J connectivity index is 1.56. The van der Waals surface area contributed by atoms with Crippen molar-refractivity contribution >= 4 is 23.1 Å². The minimum absolute atomic E-state index is 0.0118. The van der Waals surface area contributed by atoms with Gasteiger partial charge in [-0.1, -0.05) is 45.0 Å². The maximum atomic E-state index is 13.0. The Morgan fingerprint density at radius 1 is 0.975 bits per heavy atom. The number of pyridine rings is 1. The molecule has 0 unspecified atom stereocenters. The van der Waals surface area contributed by atoms with Crippen LogP contribution in [0.1, 0.15) is 42.3 Å². The van der Waals surface area contributed by atoms with Crippen molar-refractivity contribution in [2.45, 2.75) is 33.1 Å². The van der Waals surface area contributed by atoms with Gasteiger partial charge in [-0.05, 0) is 59.4 Å². The smallest absolute Gasteiger partial charge is 0.274 e. The Labute approximate surface area is 234 Å². The minimum Gasteiger partial charge on any atom is -0.474 e. The number of ether oxygens (including phenoxy) is 2. The van der Waals surface area contributed by atoms with E-state index in [2.05, 4.69) is 41.6 Å². The van der Waals surface area contributed by atoms with E-state index in [1.807, 2.05) is 49.4 Å². The van der Waals surface area contributed by atoms with Gasteiger partial charge in [0.1, 0.15) is 12.3 Å². The molecule has 2 aromatic carbocycles. The molecule has 2 N–H and O–H groups in total. The summed E-state index contributed by atoms with van der Waals surface area (Å²) < 4.78 is 11.9. The average molecular weight is 542 g/mol. The molecule has 0 aliphatic rings. The molecular weight excluding hydrogens is 506 g/mol. The third kappa shape index (κ3) is 6.73. The standard InChI is InChI=1S/C31H35N5O4/c1-20-24(8-7-9-25(20)33-29(37)21-10-12-23(13-11-21)31(2,3)4)22-18-26(30(38)36(5)19-22)32-27-14-15-28(35-34-27)40-17-16-39-6/h7-15,18-19H,16-17H2,1-6H3,(H,32,34)(H,33,37). The second kappa shape index (κ2) is 12.1. The summed E-state index contributed by atoms with van der Waals surface area (Å²) in [4.78, 5) is 25.9. The molecule has 208 valence electrons. The predicted octanol–water partition coefficient (Wildman–Crippen LogP) is 5.47. The molecule has 40 heavy (non-hydrogen) atoms. The van der Waals surface area contributed by atoms with Crippen LogP contribution in [0.3, 0.4) is 0 Å². The SMILES string of the molecule is COCCOc1ccc(Nc2cc(-c3cccc(NC(=O)c4ccc(C(C)(C)C)cc4)c3C)cn(C)c2=O)nn1. The highest BCUT2D eigenvalue weighted by molar-refractivity contribution is 6.05. The third-order valence-corrected chi connectivity index (χ3v) is 6.53. The van der Waals surface area contributed by atoms with Crippen LogP contribution in [0.4, 0.5) is 17.2 Å². The van der Waals surface area contributed by atoms with Crippen LogP contribution in [0.5, 0.6) is 5.88 Å². The van der Waals surface area contributed by atoms with E-state index in [4.69, 9.17) is 9.47 Å². The molecule has 2 heterocycles. The zero-order valence-corrected chi connectivity index (χ0v) is 23.7. The minimum atomic E-state index is -0.216. The molecule has 0 atom stereocenters. The van der Waals surface area contributed by atoms with E-state index in [0.717, 1.165) is 16.7 Å². The number of amides is 1. The fourth-order valence-corrected chi connectivity index (χ4v) is 4.18. The quantitative estimate of drug-likeness (QED) is 0.271. The van der Waals surface area contributed by atoms with Gasteiger partial charge in [0, 0.05) is 43.2 Å². The molecule has 4 aromatic rings. The molecule has 2 aromatic heterocycles. The van der Waals surface area contributed by atoms with Crippen LogP contribution in [0.15, 0.2) is 71.7 Å². The summed E-state index contributed by atoms with van der Waals surface area (Å²) >= 11 is 0. The number of carbonyl (C=O) groups excluding carboxylic acids is 1. The summed E-state index contributed by atoms with van der Waals surface area (Å²) in [6.07, 6.45) is 1.77. The molecule has 0 aliphatic carbocycles. The topological polar surface area (TPSA) is 107 Å². The number of anilines is 3. The van der Waals surface area contributed by atoms with E-state index < -0.39 is 0 Å². The Kier molecular flexibility index (Phi) is 8.64. The van der Waals surface area contributed by atoms with E-state index in [-0.39, 0.29) is 16.9 Å². The Morgan fingerprint density at radius 3 is 2.38 bits per heavy atom. The fraction of sp³-hybridized carbons (Fsp3) is 0.290. The first-order valence-electron chi connectivity index (χ1n) is 13.0. The van der Waals surface area contributed by atoms with Crippen molar-refractivity contribution in [2.75, 3.05) is 31.0 Å². The van der Waals surface area contributed by atoms with Crippen molar-refractivity contribution in [2.24, 2.45) is 7.05 Å². The van der Waals surface area contributed by atoms with Crippen molar-refractivity contribution in [1.82, 2.24) is 14.8 Å². The van der Waals surface area contributed by atoms with Crippen LogP contribution in [-0.2, 0) is 17.2 Å². The fourth-order valence-electron chi connectivity index (χ4n) is 4.18. The second-order valence-electron chi connectivity index (χ2n) is 10.5. The lowest BCUT2D eigenvalue weighted by molar-refractivity contribution is 0.102. The number of nitrogens with zero attached hydrogens (tertiary/aromatic N) is 3. The van der Waals surface area contributed by atoms with Crippen LogP contribution in [0, 0.1) is 6.92 Å². The normalized spacial score (nSPS) is 11.2. The number of aryl methyl sites for hydroxylation is 1. The van der Waals surface area contributed by atoms with Crippen molar-refractivity contribution < 1.29 is 14.3 Å². The molecule has 0 fully saturated rings. The number of hydrogen-bond acceptors (Lipinski definition) is 7. The van der Waals surface area contributed by atoms with Crippen LogP contribution < -0.4 is 20.9 Å². The number of aromatic nitrogens is 3. The highest BCUT2D eigenvalue weighted by Crippen LogP contribution is 2.30. The van der Waals surface area contributed by atoms with Gasteiger partial charge in [-0.2, -0.15) is 0 Å². The van der Waals surface area contributed by atoms with Crippen LogP contribution in [0.2, 0.25) is 0 Å². The average Bonchev–Trinajstić information content (AvgIpc) is 2.93. The predicted molar refractivity (Wildman–Crippen MR) is 158 cm³/mol. The molecule has 0 radical (unpaired) electrons. The highest BCUT2D eigenvalue weighted by atomic mass is 16.5. The monoisotopic (exact) mass is 541 g/mol. The molecule has 0 spiro atoms. The molecule has 0 aliphatic heterocycles. The first-order valence-corrected chi connectivity index (χ1v) is 13.0. The zero-order chi connectivity index (χ0) is 28.9. The lowest BCUT2D eigenvalue weighted by atomic mass is 9.86.